The zero-order valence-electron chi connectivity index (χ0n) is 8.35. The Morgan fingerprint density at radius 2 is 2.57 bits per heavy atom. The Balaban J connectivity index is 2.30. The maximum atomic E-state index is 8.85. The molecule has 76 valence electrons. The molecule has 1 aliphatic carbocycles. The number of imidazole rings is 1. The third-order valence-electron chi connectivity index (χ3n) is 2.82. The Bertz CT molecular complexity index is 343. The SMILES string of the molecule is CCc1nccn1[C@@H]1CCC/C1=N\O. The largest absolute Gasteiger partial charge is 0.411 e. The maximum Gasteiger partial charge on any atom is 0.108 e. The summed E-state index contributed by atoms with van der Waals surface area (Å²) in [6.07, 6.45) is 7.77. The molecule has 0 bridgehead atoms. The van der Waals surface area contributed by atoms with Crippen molar-refractivity contribution in [1.29, 1.82) is 0 Å². The average molecular weight is 193 g/mol. The molecule has 0 aromatic carbocycles. The molecule has 0 aliphatic heterocycles. The Kier molecular flexibility index (Phi) is 2.52. The summed E-state index contributed by atoms with van der Waals surface area (Å²) in [7, 11) is 0. The second-order valence-corrected chi connectivity index (χ2v) is 3.60. The normalized spacial score (nSPS) is 24.6. The second-order valence-electron chi connectivity index (χ2n) is 3.60. The van der Waals surface area contributed by atoms with Gasteiger partial charge >= 0.3 is 0 Å². The fourth-order valence-electron chi connectivity index (χ4n) is 2.13. The quantitative estimate of drug-likeness (QED) is 0.577. The van der Waals surface area contributed by atoms with E-state index < -0.39 is 0 Å². The van der Waals surface area contributed by atoms with Gasteiger partial charge < -0.3 is 9.77 Å². The lowest BCUT2D eigenvalue weighted by Gasteiger charge is -2.14. The highest BCUT2D eigenvalue weighted by molar-refractivity contribution is 5.89. The van der Waals surface area contributed by atoms with Crippen LogP contribution in [0.25, 0.3) is 0 Å². The number of rotatable bonds is 2. The molecule has 4 heteroatoms. The van der Waals surface area contributed by atoms with Crippen molar-refractivity contribution in [2.75, 3.05) is 0 Å². The summed E-state index contributed by atoms with van der Waals surface area (Å²) in [6.45, 7) is 2.09. The van der Waals surface area contributed by atoms with E-state index in [9.17, 15) is 0 Å². The first-order valence-corrected chi connectivity index (χ1v) is 5.09. The van der Waals surface area contributed by atoms with Gasteiger partial charge in [0.1, 0.15) is 5.82 Å². The molecule has 4 nitrogen and oxygen atoms in total. The van der Waals surface area contributed by atoms with Gasteiger partial charge in [-0.3, -0.25) is 0 Å². The fourth-order valence-corrected chi connectivity index (χ4v) is 2.13. The molecular formula is C10H15N3O. The molecule has 1 aliphatic rings. The first-order chi connectivity index (χ1) is 6.86. The number of hydrogen-bond donors (Lipinski definition) is 1. The molecule has 1 N–H and O–H groups in total. The van der Waals surface area contributed by atoms with Crippen molar-refractivity contribution >= 4 is 5.71 Å². The number of aromatic nitrogens is 2. The Labute approximate surface area is 83.3 Å². The number of hydrogen-bond acceptors (Lipinski definition) is 3. The molecule has 1 heterocycles. The van der Waals surface area contributed by atoms with Gasteiger partial charge in [-0.2, -0.15) is 0 Å². The average Bonchev–Trinajstić information content (AvgIpc) is 2.85. The highest BCUT2D eigenvalue weighted by atomic mass is 16.4. The number of oxime groups is 1. The van der Waals surface area contributed by atoms with Gasteiger partial charge in [-0.1, -0.05) is 12.1 Å². The first-order valence-electron chi connectivity index (χ1n) is 5.09. The van der Waals surface area contributed by atoms with Crippen molar-refractivity contribution in [3.63, 3.8) is 0 Å². The summed E-state index contributed by atoms with van der Waals surface area (Å²) in [5.74, 6) is 1.07. The van der Waals surface area contributed by atoms with E-state index >= 15 is 0 Å². The van der Waals surface area contributed by atoms with Crippen LogP contribution in [-0.2, 0) is 6.42 Å². The summed E-state index contributed by atoms with van der Waals surface area (Å²) in [5.41, 5.74) is 0.887. The van der Waals surface area contributed by atoms with Gasteiger partial charge in [0.05, 0.1) is 11.8 Å². The molecule has 0 amide bonds. The molecule has 2 rings (SSSR count). The zero-order chi connectivity index (χ0) is 9.97. The summed E-state index contributed by atoms with van der Waals surface area (Å²) in [4.78, 5) is 4.27. The van der Waals surface area contributed by atoms with Crippen LogP contribution >= 0.6 is 0 Å². The third kappa shape index (κ3) is 1.41. The van der Waals surface area contributed by atoms with Crippen molar-refractivity contribution in [3.8, 4) is 0 Å². The molecule has 1 fully saturated rings. The van der Waals surface area contributed by atoms with Crippen molar-refractivity contribution in [1.82, 2.24) is 9.55 Å². The monoisotopic (exact) mass is 193 g/mol. The van der Waals surface area contributed by atoms with E-state index in [0.717, 1.165) is 37.2 Å². The molecule has 1 aromatic heterocycles. The minimum atomic E-state index is 0.234. The minimum Gasteiger partial charge on any atom is -0.411 e. The molecule has 0 saturated heterocycles. The van der Waals surface area contributed by atoms with E-state index in [-0.39, 0.29) is 6.04 Å². The standard InChI is InChI=1S/C10H15N3O/c1-2-10-11-6-7-13(10)9-5-3-4-8(9)12-14/h6-7,9,14H,2-5H2,1H3/b12-8+/t9-/m1/s1. The van der Waals surface area contributed by atoms with E-state index in [0.29, 0.717) is 0 Å². The lowest BCUT2D eigenvalue weighted by molar-refractivity contribution is 0.314. The van der Waals surface area contributed by atoms with Gasteiger partial charge in [-0.15, -0.1) is 0 Å². The van der Waals surface area contributed by atoms with Crippen molar-refractivity contribution < 1.29 is 5.21 Å². The van der Waals surface area contributed by atoms with Crippen LogP contribution in [0.2, 0.25) is 0 Å². The molecule has 1 atom stereocenters. The van der Waals surface area contributed by atoms with Crippen molar-refractivity contribution in [3.05, 3.63) is 18.2 Å². The van der Waals surface area contributed by atoms with Crippen LogP contribution < -0.4 is 0 Å². The minimum absolute atomic E-state index is 0.234. The predicted molar refractivity (Wildman–Crippen MR) is 53.7 cm³/mol. The van der Waals surface area contributed by atoms with E-state index in [1.807, 2.05) is 12.4 Å². The maximum absolute atomic E-state index is 8.85. The predicted octanol–water partition coefficient (Wildman–Crippen LogP) is 2.00. The van der Waals surface area contributed by atoms with Crippen molar-refractivity contribution in [2.45, 2.75) is 38.6 Å². The summed E-state index contributed by atoms with van der Waals surface area (Å²) in [5, 5.41) is 12.2. The third-order valence-corrected chi connectivity index (χ3v) is 2.82. The number of nitrogens with zero attached hydrogens (tertiary/aromatic N) is 3. The van der Waals surface area contributed by atoms with Crippen LogP contribution in [0.4, 0.5) is 0 Å². The Morgan fingerprint density at radius 1 is 1.71 bits per heavy atom. The lowest BCUT2D eigenvalue weighted by atomic mass is 10.2. The Morgan fingerprint density at radius 3 is 3.29 bits per heavy atom. The highest BCUT2D eigenvalue weighted by Gasteiger charge is 2.25. The van der Waals surface area contributed by atoms with Crippen LogP contribution in [0.15, 0.2) is 17.5 Å². The smallest absolute Gasteiger partial charge is 0.108 e. The van der Waals surface area contributed by atoms with Crippen LogP contribution in [0.1, 0.15) is 38.1 Å². The van der Waals surface area contributed by atoms with E-state index in [1.54, 1.807) is 0 Å². The Hall–Kier alpha value is -1.32. The summed E-state index contributed by atoms with van der Waals surface area (Å²) in [6, 6.07) is 0.234. The van der Waals surface area contributed by atoms with Crippen LogP contribution in [-0.4, -0.2) is 20.5 Å². The van der Waals surface area contributed by atoms with Gasteiger partial charge in [-0.25, -0.2) is 4.98 Å². The zero-order valence-corrected chi connectivity index (χ0v) is 8.35. The summed E-state index contributed by atoms with van der Waals surface area (Å²) < 4.78 is 2.13. The molecule has 1 saturated carbocycles. The topological polar surface area (TPSA) is 50.4 Å². The first kappa shape index (κ1) is 9.24. The van der Waals surface area contributed by atoms with Crippen molar-refractivity contribution in [2.24, 2.45) is 5.16 Å². The van der Waals surface area contributed by atoms with Crippen LogP contribution in [0, 0.1) is 0 Å². The van der Waals surface area contributed by atoms with Gasteiger partial charge in [0, 0.05) is 18.8 Å². The molecule has 0 unspecified atom stereocenters. The highest BCUT2D eigenvalue weighted by Crippen LogP contribution is 2.28. The van der Waals surface area contributed by atoms with E-state index in [2.05, 4.69) is 21.6 Å². The van der Waals surface area contributed by atoms with Gasteiger partial charge in [0.25, 0.3) is 0 Å². The van der Waals surface area contributed by atoms with E-state index in [1.165, 1.54) is 0 Å². The lowest BCUT2D eigenvalue weighted by Crippen LogP contribution is -2.15. The van der Waals surface area contributed by atoms with Gasteiger partial charge in [-0.05, 0) is 19.3 Å². The molecule has 14 heavy (non-hydrogen) atoms. The molecule has 0 spiro atoms. The summed E-state index contributed by atoms with van der Waals surface area (Å²) >= 11 is 0. The van der Waals surface area contributed by atoms with Gasteiger partial charge in [0.15, 0.2) is 0 Å². The number of aryl methyl sites for hydroxylation is 1. The fraction of sp³-hybridized carbons (Fsp3) is 0.600. The molecule has 0 radical (unpaired) electrons. The van der Waals surface area contributed by atoms with Crippen LogP contribution in [0.3, 0.4) is 0 Å². The van der Waals surface area contributed by atoms with Gasteiger partial charge in [0.2, 0.25) is 0 Å². The molecule has 1 aromatic rings. The molecular weight excluding hydrogens is 178 g/mol. The van der Waals surface area contributed by atoms with E-state index in [4.69, 9.17) is 5.21 Å². The van der Waals surface area contributed by atoms with Crippen LogP contribution in [0.5, 0.6) is 0 Å². The second kappa shape index (κ2) is 3.82.